The molecule has 0 aromatic heterocycles. The summed E-state index contributed by atoms with van der Waals surface area (Å²) < 4.78 is 25.1. The second kappa shape index (κ2) is 6.93. The average molecular weight is 311 g/mol. The predicted octanol–water partition coefficient (Wildman–Crippen LogP) is 3.39. The first-order valence-corrected chi connectivity index (χ1v) is 9.30. The lowest BCUT2D eigenvalue weighted by molar-refractivity contribution is 0.435. The molecule has 0 aliphatic heterocycles. The summed E-state index contributed by atoms with van der Waals surface area (Å²) in [5, 5.41) is 3.26. The van der Waals surface area contributed by atoms with Gasteiger partial charge in [0.1, 0.15) is 0 Å². The van der Waals surface area contributed by atoms with Crippen molar-refractivity contribution >= 4 is 9.84 Å². The SMILES string of the molecule is CCNC(CS(=O)(=O)c1ccc(C(C)(C)C)cc1)C(C)C. The largest absolute Gasteiger partial charge is 0.313 e. The lowest BCUT2D eigenvalue weighted by Gasteiger charge is -2.22. The fraction of sp³-hybridized carbons (Fsp3) is 0.647. The molecule has 0 saturated carbocycles. The third-order valence-corrected chi connectivity index (χ3v) is 5.54. The van der Waals surface area contributed by atoms with E-state index in [1.165, 1.54) is 0 Å². The third kappa shape index (κ3) is 5.11. The van der Waals surface area contributed by atoms with Crippen molar-refractivity contribution in [1.82, 2.24) is 5.32 Å². The van der Waals surface area contributed by atoms with Gasteiger partial charge >= 0.3 is 0 Å². The summed E-state index contributed by atoms with van der Waals surface area (Å²) in [4.78, 5) is 0.416. The minimum absolute atomic E-state index is 0.0118. The zero-order valence-corrected chi connectivity index (χ0v) is 14.9. The number of benzene rings is 1. The first-order chi connectivity index (χ1) is 9.58. The van der Waals surface area contributed by atoms with Gasteiger partial charge in [0.05, 0.1) is 10.6 Å². The molecule has 1 aromatic rings. The molecule has 0 radical (unpaired) electrons. The molecule has 1 aromatic carbocycles. The van der Waals surface area contributed by atoms with Crippen molar-refractivity contribution in [2.24, 2.45) is 5.92 Å². The van der Waals surface area contributed by atoms with Crippen molar-refractivity contribution in [3.05, 3.63) is 29.8 Å². The van der Waals surface area contributed by atoms with Crippen LogP contribution in [-0.2, 0) is 15.3 Å². The third-order valence-electron chi connectivity index (χ3n) is 3.75. The summed E-state index contributed by atoms with van der Waals surface area (Å²) in [6.45, 7) is 13.2. The standard InChI is InChI=1S/C17H29NO2S/c1-7-18-16(13(2)3)12-21(19,20)15-10-8-14(9-11-15)17(4,5)6/h8-11,13,16,18H,7,12H2,1-6H3. The van der Waals surface area contributed by atoms with E-state index in [0.29, 0.717) is 4.90 Å². The second-order valence-corrected chi connectivity index (χ2v) is 9.00. The molecule has 0 aliphatic carbocycles. The van der Waals surface area contributed by atoms with Gasteiger partial charge in [-0.3, -0.25) is 0 Å². The normalized spacial score (nSPS) is 14.4. The van der Waals surface area contributed by atoms with Crippen LogP contribution in [0.1, 0.15) is 47.1 Å². The summed E-state index contributed by atoms with van der Waals surface area (Å²) >= 11 is 0. The highest BCUT2D eigenvalue weighted by molar-refractivity contribution is 7.91. The molecule has 120 valence electrons. The zero-order chi connectivity index (χ0) is 16.3. The molecule has 0 heterocycles. The van der Waals surface area contributed by atoms with Crippen molar-refractivity contribution in [2.75, 3.05) is 12.3 Å². The molecule has 0 bridgehead atoms. The lowest BCUT2D eigenvalue weighted by atomic mass is 9.87. The zero-order valence-electron chi connectivity index (χ0n) is 14.1. The van der Waals surface area contributed by atoms with Crippen LogP contribution in [0.3, 0.4) is 0 Å². The minimum atomic E-state index is -3.25. The summed E-state index contributed by atoms with van der Waals surface area (Å²) in [5.74, 6) is 0.432. The van der Waals surface area contributed by atoms with Crippen molar-refractivity contribution in [3.8, 4) is 0 Å². The Kier molecular flexibility index (Phi) is 6.00. The van der Waals surface area contributed by atoms with E-state index in [2.05, 4.69) is 26.1 Å². The molecule has 1 rings (SSSR count). The molecular weight excluding hydrogens is 282 g/mol. The maximum absolute atomic E-state index is 12.5. The van der Waals surface area contributed by atoms with E-state index in [9.17, 15) is 8.42 Å². The van der Waals surface area contributed by atoms with Gasteiger partial charge in [-0.15, -0.1) is 0 Å². The van der Waals surface area contributed by atoms with E-state index < -0.39 is 9.84 Å². The minimum Gasteiger partial charge on any atom is -0.313 e. The molecule has 0 spiro atoms. The van der Waals surface area contributed by atoms with Crippen molar-refractivity contribution < 1.29 is 8.42 Å². The topological polar surface area (TPSA) is 46.2 Å². The van der Waals surface area contributed by atoms with Gasteiger partial charge in [-0.2, -0.15) is 0 Å². The van der Waals surface area contributed by atoms with Gasteiger partial charge in [0.25, 0.3) is 0 Å². The van der Waals surface area contributed by atoms with Crippen LogP contribution in [0, 0.1) is 5.92 Å². The molecule has 3 nitrogen and oxygen atoms in total. The first-order valence-electron chi connectivity index (χ1n) is 7.64. The first kappa shape index (κ1) is 18.2. The van der Waals surface area contributed by atoms with Crippen LogP contribution < -0.4 is 5.32 Å². The van der Waals surface area contributed by atoms with Gasteiger partial charge < -0.3 is 5.32 Å². The quantitative estimate of drug-likeness (QED) is 0.876. The maximum atomic E-state index is 12.5. The van der Waals surface area contributed by atoms with Crippen molar-refractivity contribution in [2.45, 2.75) is 57.9 Å². The van der Waals surface area contributed by atoms with E-state index >= 15 is 0 Å². The Balaban J connectivity index is 2.97. The van der Waals surface area contributed by atoms with Crippen molar-refractivity contribution in [3.63, 3.8) is 0 Å². The van der Waals surface area contributed by atoms with Gasteiger partial charge in [0.2, 0.25) is 0 Å². The number of rotatable bonds is 6. The van der Waals surface area contributed by atoms with Crippen LogP contribution in [0.15, 0.2) is 29.2 Å². The number of sulfone groups is 1. The smallest absolute Gasteiger partial charge is 0.179 e. The second-order valence-electron chi connectivity index (χ2n) is 6.96. The molecule has 0 fully saturated rings. The molecule has 1 unspecified atom stereocenters. The fourth-order valence-corrected chi connectivity index (χ4v) is 3.96. The van der Waals surface area contributed by atoms with E-state index in [1.54, 1.807) is 12.1 Å². The molecule has 4 heteroatoms. The van der Waals surface area contributed by atoms with Crippen LogP contribution >= 0.6 is 0 Å². The highest BCUT2D eigenvalue weighted by Crippen LogP contribution is 2.24. The Morgan fingerprint density at radius 2 is 1.62 bits per heavy atom. The predicted molar refractivity (Wildman–Crippen MR) is 89.5 cm³/mol. The van der Waals surface area contributed by atoms with Gasteiger partial charge in [-0.25, -0.2) is 8.42 Å². The Labute approximate surface area is 130 Å². The highest BCUT2D eigenvalue weighted by Gasteiger charge is 2.23. The van der Waals surface area contributed by atoms with E-state index in [0.717, 1.165) is 12.1 Å². The monoisotopic (exact) mass is 311 g/mol. The molecule has 21 heavy (non-hydrogen) atoms. The Hall–Kier alpha value is -0.870. The number of nitrogens with one attached hydrogen (secondary N) is 1. The molecule has 1 N–H and O–H groups in total. The van der Waals surface area contributed by atoms with Gasteiger partial charge in [0.15, 0.2) is 9.84 Å². The van der Waals surface area contributed by atoms with E-state index in [-0.39, 0.29) is 23.1 Å². The molecule has 0 aliphatic rings. The molecule has 0 saturated heterocycles. The molecular formula is C17H29NO2S. The maximum Gasteiger partial charge on any atom is 0.179 e. The van der Waals surface area contributed by atoms with Crippen LogP contribution in [0.4, 0.5) is 0 Å². The van der Waals surface area contributed by atoms with E-state index in [1.807, 2.05) is 32.9 Å². The van der Waals surface area contributed by atoms with Crippen LogP contribution in [0.2, 0.25) is 0 Å². The van der Waals surface area contributed by atoms with Crippen LogP contribution in [0.25, 0.3) is 0 Å². The van der Waals surface area contributed by atoms with Gasteiger partial charge in [-0.05, 0) is 35.6 Å². The Bertz CT molecular complexity index is 539. The Morgan fingerprint density at radius 1 is 1.10 bits per heavy atom. The van der Waals surface area contributed by atoms with Gasteiger partial charge in [0, 0.05) is 6.04 Å². The molecule has 0 amide bonds. The van der Waals surface area contributed by atoms with Gasteiger partial charge in [-0.1, -0.05) is 53.7 Å². The van der Waals surface area contributed by atoms with Crippen molar-refractivity contribution in [1.29, 1.82) is 0 Å². The number of hydrogen-bond donors (Lipinski definition) is 1. The van der Waals surface area contributed by atoms with E-state index in [4.69, 9.17) is 0 Å². The lowest BCUT2D eigenvalue weighted by Crippen LogP contribution is -2.39. The Morgan fingerprint density at radius 3 is 2.00 bits per heavy atom. The average Bonchev–Trinajstić information content (AvgIpc) is 2.37. The fourth-order valence-electron chi connectivity index (χ4n) is 2.24. The van der Waals surface area contributed by atoms with Crippen LogP contribution in [0.5, 0.6) is 0 Å². The van der Waals surface area contributed by atoms with Crippen LogP contribution in [-0.4, -0.2) is 26.8 Å². The highest BCUT2D eigenvalue weighted by atomic mass is 32.2. The number of hydrogen-bond acceptors (Lipinski definition) is 3. The summed E-state index contributed by atoms with van der Waals surface area (Å²) in [6, 6.07) is 7.30. The summed E-state index contributed by atoms with van der Waals surface area (Å²) in [7, 11) is -3.25. The summed E-state index contributed by atoms with van der Waals surface area (Å²) in [5.41, 5.74) is 1.18. The summed E-state index contributed by atoms with van der Waals surface area (Å²) in [6.07, 6.45) is 0. The molecule has 1 atom stereocenters.